The fourth-order valence-electron chi connectivity index (χ4n) is 2.39. The average Bonchev–Trinajstić information content (AvgIpc) is 2.58. The number of amides is 1. The summed E-state index contributed by atoms with van der Waals surface area (Å²) in [6, 6.07) is 0.316. The summed E-state index contributed by atoms with van der Waals surface area (Å²) in [5.74, 6) is 0.354. The average molecular weight is 463 g/mol. The summed E-state index contributed by atoms with van der Waals surface area (Å²) in [6.07, 6.45) is 11.2. The molecule has 0 aromatic carbocycles. The second-order valence-corrected chi connectivity index (χ2v) is 7.94. The van der Waals surface area contributed by atoms with E-state index in [-0.39, 0.29) is 46.3 Å². The maximum atomic E-state index is 12.8. The van der Waals surface area contributed by atoms with Crippen LogP contribution in [0, 0.1) is 25.7 Å². The van der Waals surface area contributed by atoms with Gasteiger partial charge in [-0.25, -0.2) is 6.08 Å². The molecule has 0 rings (SSSR count). The van der Waals surface area contributed by atoms with E-state index in [4.69, 9.17) is 0 Å². The molecule has 0 aliphatic heterocycles. The molecule has 0 saturated heterocycles. The van der Waals surface area contributed by atoms with Crippen molar-refractivity contribution in [3.63, 3.8) is 0 Å². The van der Waals surface area contributed by atoms with Crippen molar-refractivity contribution >= 4 is 12.2 Å². The van der Waals surface area contributed by atoms with Crippen molar-refractivity contribution in [3.8, 4) is 0 Å². The molecule has 0 N–H and O–H groups in total. The first-order valence-corrected chi connectivity index (χ1v) is 10.8. The van der Waals surface area contributed by atoms with Crippen LogP contribution in [0.3, 0.4) is 0 Å². The van der Waals surface area contributed by atoms with E-state index < -0.39 is 0 Å². The van der Waals surface area contributed by atoms with Gasteiger partial charge in [0, 0.05) is 17.7 Å². The van der Waals surface area contributed by atoms with Gasteiger partial charge < -0.3 is 23.5 Å². The van der Waals surface area contributed by atoms with Crippen LogP contribution < -0.4 is 0 Å². The minimum atomic E-state index is 0. The zero-order chi connectivity index (χ0) is 23.6. The Labute approximate surface area is 198 Å². The third kappa shape index (κ3) is 17.7. The summed E-state index contributed by atoms with van der Waals surface area (Å²) in [5.41, 5.74) is 1.40. The van der Waals surface area contributed by atoms with E-state index in [1.165, 1.54) is 0 Å². The molecule has 0 aliphatic carbocycles. The Morgan fingerprint density at radius 2 is 1.20 bits per heavy atom. The van der Waals surface area contributed by atoms with Crippen molar-refractivity contribution in [2.24, 2.45) is 11.8 Å². The fourth-order valence-corrected chi connectivity index (χ4v) is 2.39. The van der Waals surface area contributed by atoms with E-state index in [9.17, 15) is 9.59 Å². The molecule has 0 aromatic heterocycles. The molecule has 1 amide bonds. The van der Waals surface area contributed by atoms with Crippen LogP contribution in [0.25, 0.3) is 0 Å². The second kappa shape index (κ2) is 22.5. The molecular formula is C26H46NNiO2. The van der Waals surface area contributed by atoms with Gasteiger partial charge in [0.25, 0.3) is 0 Å². The molecule has 3 nitrogen and oxygen atoms in total. The monoisotopic (exact) mass is 462 g/mol. The molecule has 0 spiro atoms. The van der Waals surface area contributed by atoms with Crippen LogP contribution in [0.2, 0.25) is 0 Å². The molecule has 0 fully saturated rings. The molecule has 0 bridgehead atoms. The van der Waals surface area contributed by atoms with Gasteiger partial charge in [-0.15, -0.1) is 6.08 Å². The molecule has 0 aliphatic rings. The number of nitrogens with zero attached hydrogens (tertiary/aromatic N) is 1. The Morgan fingerprint density at radius 1 is 0.833 bits per heavy atom. The van der Waals surface area contributed by atoms with Crippen LogP contribution >= 0.6 is 0 Å². The summed E-state index contributed by atoms with van der Waals surface area (Å²) in [7, 11) is 0. The van der Waals surface area contributed by atoms with Gasteiger partial charge in [0.2, 0.25) is 5.91 Å². The van der Waals surface area contributed by atoms with Crippen LogP contribution in [-0.2, 0) is 26.1 Å². The molecular weight excluding hydrogens is 417 g/mol. The topological polar surface area (TPSA) is 37.4 Å². The first kappa shape index (κ1) is 36.2. The maximum Gasteiger partial charge on any atom is 3.00 e. The summed E-state index contributed by atoms with van der Waals surface area (Å²) >= 11 is 0. The van der Waals surface area contributed by atoms with Gasteiger partial charge in [-0.3, -0.25) is 4.79 Å². The van der Waals surface area contributed by atoms with Crippen molar-refractivity contribution in [1.29, 1.82) is 0 Å². The van der Waals surface area contributed by atoms with Gasteiger partial charge in [-0.2, -0.15) is 18.4 Å². The van der Waals surface area contributed by atoms with Gasteiger partial charge in [-0.1, -0.05) is 59.6 Å². The molecule has 0 heterocycles. The molecule has 4 heteroatoms. The number of carbonyl (C=O) groups excluding carboxylic acids is 2. The second-order valence-electron chi connectivity index (χ2n) is 7.94. The first-order valence-electron chi connectivity index (χ1n) is 10.8. The van der Waals surface area contributed by atoms with Crippen LogP contribution in [0.5, 0.6) is 0 Å². The van der Waals surface area contributed by atoms with Gasteiger partial charge in [0.05, 0.1) is 0 Å². The number of hydrogen-bond acceptors (Lipinski definition) is 2. The van der Waals surface area contributed by atoms with E-state index in [2.05, 4.69) is 13.8 Å². The van der Waals surface area contributed by atoms with Crippen molar-refractivity contribution in [2.75, 3.05) is 0 Å². The van der Waals surface area contributed by atoms with Gasteiger partial charge in [-0.05, 0) is 39.9 Å². The van der Waals surface area contributed by atoms with Crippen LogP contribution in [0.4, 0.5) is 0 Å². The fraction of sp³-hybridized carbons (Fsp3) is 0.615. The van der Waals surface area contributed by atoms with Gasteiger partial charge in [0.1, 0.15) is 0 Å². The van der Waals surface area contributed by atoms with Crippen LogP contribution in [-0.4, -0.2) is 29.2 Å². The molecule has 1 radical (unpaired) electrons. The summed E-state index contributed by atoms with van der Waals surface area (Å²) in [5, 5.41) is 0. The Morgan fingerprint density at radius 3 is 1.47 bits per heavy atom. The number of carbonyl (C=O) groups is 1. The van der Waals surface area contributed by atoms with Crippen molar-refractivity contribution < 1.29 is 26.1 Å². The standard InChI is InChI=1S/C20H32NO2.2C3H7.Ni/c1-14(2)18(13-22)11-9-10-12-19(15(3)4)20(23)21(16(5)6)17(7)8;2*1-3-2;/h9-12,14-17H,1-8H3;2*1,3H2,2H3;/q3*-1;+3/b10-9+,18-11-,19-12+;;;. The van der Waals surface area contributed by atoms with E-state index in [1.807, 2.05) is 92.6 Å². The summed E-state index contributed by atoms with van der Waals surface area (Å²) in [4.78, 5) is 25.5. The van der Waals surface area contributed by atoms with Crippen LogP contribution in [0.1, 0.15) is 82.1 Å². The van der Waals surface area contributed by atoms with Gasteiger partial charge in [0.15, 0.2) is 0 Å². The Bertz CT molecular complexity index is 505. The maximum absolute atomic E-state index is 12.8. The summed E-state index contributed by atoms with van der Waals surface area (Å²) in [6.45, 7) is 27.1. The van der Waals surface area contributed by atoms with E-state index in [0.29, 0.717) is 5.57 Å². The summed E-state index contributed by atoms with van der Waals surface area (Å²) < 4.78 is 0. The molecule has 177 valence electrons. The Hall–Kier alpha value is -1.15. The van der Waals surface area contributed by atoms with E-state index >= 15 is 0 Å². The van der Waals surface area contributed by atoms with E-state index in [0.717, 1.165) is 18.4 Å². The predicted octanol–water partition coefficient (Wildman–Crippen LogP) is 6.92. The van der Waals surface area contributed by atoms with Crippen LogP contribution in [0.15, 0.2) is 35.5 Å². The zero-order valence-corrected chi connectivity index (χ0v) is 22.0. The number of allylic oxidation sites excluding steroid dienone is 5. The molecule has 0 saturated carbocycles. The molecule has 0 aromatic rings. The number of hydrogen-bond donors (Lipinski definition) is 0. The molecule has 30 heavy (non-hydrogen) atoms. The third-order valence-corrected chi connectivity index (χ3v) is 3.62. The Kier molecular flexibility index (Phi) is 27.2. The quantitative estimate of drug-likeness (QED) is 0.170. The smallest absolute Gasteiger partial charge is 0.419 e. The molecule has 0 unspecified atom stereocenters. The minimum Gasteiger partial charge on any atom is -0.419 e. The van der Waals surface area contributed by atoms with Gasteiger partial charge >= 0.3 is 16.5 Å². The van der Waals surface area contributed by atoms with Crippen molar-refractivity contribution in [2.45, 2.75) is 94.2 Å². The third-order valence-electron chi connectivity index (χ3n) is 3.62. The first-order chi connectivity index (χ1) is 13.5. The molecule has 0 atom stereocenters. The largest absolute Gasteiger partial charge is 3.00 e. The number of rotatable bonds is 8. The SMILES string of the molecule is CC(C)\C([C-]=O)=C/C=C/C=C(/C(=O)N(C(C)C)C(C)C)C(C)C.[CH2-]CC.[CH2-]CC.[Ni+3]. The predicted molar refractivity (Wildman–Crippen MR) is 129 cm³/mol. The normalized spacial score (nSPS) is 11.7. The van der Waals surface area contributed by atoms with Crippen molar-refractivity contribution in [1.82, 2.24) is 4.90 Å². The minimum absolute atomic E-state index is 0. The Balaban J connectivity index is -0.000000428. The van der Waals surface area contributed by atoms with E-state index in [1.54, 1.807) is 12.2 Å². The zero-order valence-electron chi connectivity index (χ0n) is 21.0. The van der Waals surface area contributed by atoms with Crippen molar-refractivity contribution in [3.05, 3.63) is 49.3 Å².